The average molecular weight is 466 g/mol. The molecule has 5 rings (SSSR count). The molecular weight excluding hydrogens is 445 g/mol. The molecule has 3 atom stereocenters. The van der Waals surface area contributed by atoms with Gasteiger partial charge < -0.3 is 9.84 Å². The summed E-state index contributed by atoms with van der Waals surface area (Å²) in [5, 5.41) is 9.76. The highest BCUT2D eigenvalue weighted by Crippen LogP contribution is 2.56. The van der Waals surface area contributed by atoms with Gasteiger partial charge in [-0.05, 0) is 60.9 Å². The summed E-state index contributed by atoms with van der Waals surface area (Å²) in [4.78, 5) is 28.4. The van der Waals surface area contributed by atoms with Gasteiger partial charge in [-0.1, -0.05) is 30.3 Å². The van der Waals surface area contributed by atoms with Gasteiger partial charge in [0.2, 0.25) is 11.8 Å². The molecule has 1 N–H and O–H groups in total. The third-order valence-electron chi connectivity index (χ3n) is 6.97. The van der Waals surface area contributed by atoms with Gasteiger partial charge in [-0.2, -0.15) is 0 Å². The van der Waals surface area contributed by atoms with E-state index in [4.69, 9.17) is 16.3 Å². The summed E-state index contributed by atoms with van der Waals surface area (Å²) in [6.07, 6.45) is 6.11. The fourth-order valence-corrected chi connectivity index (χ4v) is 5.52. The van der Waals surface area contributed by atoms with E-state index in [1.807, 2.05) is 6.08 Å². The molecule has 0 bridgehead atoms. The van der Waals surface area contributed by atoms with Gasteiger partial charge in [-0.15, -0.1) is 0 Å². The number of hydrogen-bond donors (Lipinski definition) is 1. The molecule has 2 heterocycles. The van der Waals surface area contributed by atoms with Crippen molar-refractivity contribution in [2.45, 2.75) is 19.8 Å². The maximum absolute atomic E-state index is 13.9. The number of halogens is 2. The number of rotatable bonds is 3. The van der Waals surface area contributed by atoms with Gasteiger partial charge in [0.25, 0.3) is 0 Å². The number of nitrogens with zero attached hydrogens (tertiary/aromatic N) is 1. The Kier molecular flexibility index (Phi) is 4.94. The molecule has 2 aromatic carbocycles. The van der Waals surface area contributed by atoms with Crippen molar-refractivity contribution in [1.29, 1.82) is 0 Å². The van der Waals surface area contributed by atoms with Crippen molar-refractivity contribution >= 4 is 29.1 Å². The zero-order valence-corrected chi connectivity index (χ0v) is 18.6. The molecule has 2 aromatic rings. The lowest BCUT2D eigenvalue weighted by molar-refractivity contribution is -0.128. The summed E-state index contributed by atoms with van der Waals surface area (Å²) < 4.78 is 19.6. The van der Waals surface area contributed by atoms with E-state index in [-0.39, 0.29) is 28.3 Å². The number of carbonyl (C=O) groups is 2. The van der Waals surface area contributed by atoms with Crippen LogP contribution in [0.4, 0.5) is 10.1 Å². The molecule has 0 radical (unpaired) electrons. The Morgan fingerprint density at radius 1 is 1.27 bits per heavy atom. The summed E-state index contributed by atoms with van der Waals surface area (Å²) in [6, 6.07) is 8.71. The van der Waals surface area contributed by atoms with Crippen LogP contribution >= 0.6 is 11.6 Å². The van der Waals surface area contributed by atoms with E-state index < -0.39 is 23.1 Å². The SMILES string of the molecule is C=CC1=CC[C@H]2C(=O)N(c3ccc(F)c(Cl)c3)C(=O)[C@@]2(C)[C@H]1C1=COc2ccc(O)cc2C1. The maximum atomic E-state index is 13.9. The number of imide groups is 1. The van der Waals surface area contributed by atoms with Gasteiger partial charge in [0.05, 0.1) is 28.3 Å². The molecule has 5 nitrogen and oxygen atoms in total. The van der Waals surface area contributed by atoms with E-state index in [2.05, 4.69) is 6.58 Å². The largest absolute Gasteiger partial charge is 0.508 e. The highest BCUT2D eigenvalue weighted by atomic mass is 35.5. The number of hydrogen-bond acceptors (Lipinski definition) is 4. The number of anilines is 1. The summed E-state index contributed by atoms with van der Waals surface area (Å²) in [7, 11) is 0. The monoisotopic (exact) mass is 465 g/mol. The van der Waals surface area contributed by atoms with Crippen LogP contribution in [0.15, 0.2) is 72.5 Å². The van der Waals surface area contributed by atoms with E-state index in [0.29, 0.717) is 18.6 Å². The fourth-order valence-electron chi connectivity index (χ4n) is 5.35. The Morgan fingerprint density at radius 3 is 2.79 bits per heavy atom. The number of ether oxygens (including phenoxy) is 1. The lowest BCUT2D eigenvalue weighted by atomic mass is 9.59. The van der Waals surface area contributed by atoms with Crippen molar-refractivity contribution in [3.63, 3.8) is 0 Å². The lowest BCUT2D eigenvalue weighted by Gasteiger charge is -2.41. The zero-order valence-electron chi connectivity index (χ0n) is 17.8. The molecule has 0 saturated carbocycles. The van der Waals surface area contributed by atoms with Crippen molar-refractivity contribution in [3.8, 4) is 11.5 Å². The predicted octanol–water partition coefficient (Wildman–Crippen LogP) is 5.33. The molecule has 1 aliphatic carbocycles. The Balaban J connectivity index is 1.59. The number of amides is 2. The first-order valence-electron chi connectivity index (χ1n) is 10.6. The number of phenolic OH excluding ortho intramolecular Hbond substituents is 1. The Bertz CT molecular complexity index is 1280. The van der Waals surface area contributed by atoms with E-state index >= 15 is 0 Å². The number of allylic oxidation sites excluding steroid dienone is 4. The van der Waals surface area contributed by atoms with E-state index in [1.54, 1.807) is 37.5 Å². The number of aromatic hydroxyl groups is 1. The van der Waals surface area contributed by atoms with Crippen LogP contribution < -0.4 is 9.64 Å². The normalized spacial score (nSPS) is 26.2. The smallest absolute Gasteiger partial charge is 0.241 e. The molecule has 1 saturated heterocycles. The van der Waals surface area contributed by atoms with Crippen LogP contribution in [0, 0.1) is 23.1 Å². The number of benzene rings is 2. The second kappa shape index (κ2) is 7.59. The van der Waals surface area contributed by atoms with Gasteiger partial charge in [-0.25, -0.2) is 9.29 Å². The quantitative estimate of drug-likeness (QED) is 0.622. The van der Waals surface area contributed by atoms with Gasteiger partial charge in [-0.3, -0.25) is 9.59 Å². The number of fused-ring (bicyclic) bond motifs is 2. The summed E-state index contributed by atoms with van der Waals surface area (Å²) in [6.45, 7) is 5.73. The fraction of sp³-hybridized carbons (Fsp3) is 0.231. The van der Waals surface area contributed by atoms with Crippen molar-refractivity contribution in [3.05, 3.63) is 88.9 Å². The minimum Gasteiger partial charge on any atom is -0.508 e. The highest BCUT2D eigenvalue weighted by molar-refractivity contribution is 6.31. The standard InChI is InChI=1S/C26H21ClFNO4/c1-3-14-4-7-19-24(31)29(17-5-8-21(28)20(27)12-17)25(32)26(19,2)23(14)16-10-15-11-18(30)6-9-22(15)33-13-16/h3-6,8-9,11-13,19,23,30H,1,7,10H2,2H3/t19-,23+,26+/m0/s1. The van der Waals surface area contributed by atoms with Crippen LogP contribution in [0.5, 0.6) is 11.5 Å². The predicted molar refractivity (Wildman–Crippen MR) is 122 cm³/mol. The molecule has 2 aliphatic heterocycles. The second-order valence-corrected chi connectivity index (χ2v) is 9.18. The third-order valence-corrected chi connectivity index (χ3v) is 7.26. The topological polar surface area (TPSA) is 66.8 Å². The number of phenols is 1. The minimum absolute atomic E-state index is 0.123. The zero-order chi connectivity index (χ0) is 23.5. The third kappa shape index (κ3) is 3.12. The van der Waals surface area contributed by atoms with E-state index in [9.17, 15) is 19.1 Å². The summed E-state index contributed by atoms with van der Waals surface area (Å²) in [5.41, 5.74) is 1.59. The molecule has 7 heteroatoms. The van der Waals surface area contributed by atoms with E-state index in [1.165, 1.54) is 12.1 Å². The van der Waals surface area contributed by atoms with Crippen molar-refractivity contribution in [2.24, 2.45) is 17.3 Å². The first kappa shape index (κ1) is 21.5. The van der Waals surface area contributed by atoms with Gasteiger partial charge >= 0.3 is 0 Å². The van der Waals surface area contributed by atoms with Crippen LogP contribution in [0.25, 0.3) is 0 Å². The van der Waals surface area contributed by atoms with Crippen LogP contribution in [0.3, 0.4) is 0 Å². The van der Waals surface area contributed by atoms with Crippen LogP contribution in [0.2, 0.25) is 5.02 Å². The highest BCUT2D eigenvalue weighted by Gasteiger charge is 2.62. The van der Waals surface area contributed by atoms with E-state index in [0.717, 1.165) is 27.7 Å². The Morgan fingerprint density at radius 2 is 2.06 bits per heavy atom. The van der Waals surface area contributed by atoms with Gasteiger partial charge in [0, 0.05) is 17.9 Å². The van der Waals surface area contributed by atoms with Gasteiger partial charge in [0.1, 0.15) is 17.3 Å². The number of carbonyl (C=O) groups excluding carboxylic acids is 2. The molecule has 0 unspecified atom stereocenters. The summed E-state index contributed by atoms with van der Waals surface area (Å²) in [5.74, 6) is -1.64. The molecule has 0 spiro atoms. The molecule has 0 aromatic heterocycles. The molecular formula is C26H21ClFNO4. The van der Waals surface area contributed by atoms with Gasteiger partial charge in [0.15, 0.2) is 0 Å². The van der Waals surface area contributed by atoms with Crippen molar-refractivity contribution in [1.82, 2.24) is 0 Å². The summed E-state index contributed by atoms with van der Waals surface area (Å²) >= 11 is 5.94. The lowest BCUT2D eigenvalue weighted by Crippen LogP contribution is -2.44. The molecule has 1 fully saturated rings. The Hall–Kier alpha value is -3.38. The van der Waals surface area contributed by atoms with Crippen molar-refractivity contribution in [2.75, 3.05) is 4.90 Å². The van der Waals surface area contributed by atoms with Crippen LogP contribution in [0.1, 0.15) is 18.9 Å². The molecule has 3 aliphatic rings. The maximum Gasteiger partial charge on any atom is 0.241 e. The first-order chi connectivity index (χ1) is 15.8. The molecule has 168 valence electrons. The molecule has 2 amide bonds. The second-order valence-electron chi connectivity index (χ2n) is 8.77. The minimum atomic E-state index is -1.10. The first-order valence-corrected chi connectivity index (χ1v) is 11.0. The molecule has 33 heavy (non-hydrogen) atoms. The van der Waals surface area contributed by atoms with Crippen LogP contribution in [-0.4, -0.2) is 16.9 Å². The Labute approximate surface area is 195 Å². The van der Waals surface area contributed by atoms with Crippen molar-refractivity contribution < 1.29 is 23.8 Å². The average Bonchev–Trinajstić information content (AvgIpc) is 2.99. The van der Waals surface area contributed by atoms with Crippen LogP contribution in [-0.2, 0) is 16.0 Å².